The smallest absolute Gasteiger partial charge is 0.338 e. The van der Waals surface area contributed by atoms with E-state index >= 15 is 0 Å². The summed E-state index contributed by atoms with van der Waals surface area (Å²) in [7, 11) is 0. The first-order valence-electron chi connectivity index (χ1n) is 9.68. The molecule has 0 bridgehead atoms. The molecule has 4 aromatic rings. The standard InChI is InChI=1S/C24H20N2O3S/c1-2-13-29-24(28)16-9-11-17(12-10-16)25-23(27)19-15-21(22-8-5-14-30-22)26-20-7-4-3-6-18(19)20/h3-12,14-15H,2,13H2,1H3,(H,25,27). The molecule has 0 fully saturated rings. The van der Waals surface area contributed by atoms with Gasteiger partial charge < -0.3 is 10.1 Å². The molecule has 0 aliphatic rings. The van der Waals surface area contributed by atoms with Crippen LogP contribution in [-0.2, 0) is 4.74 Å². The number of carbonyl (C=O) groups excluding carboxylic acids is 2. The van der Waals surface area contributed by atoms with E-state index in [0.717, 1.165) is 27.9 Å². The third-order valence-corrected chi connectivity index (χ3v) is 5.44. The van der Waals surface area contributed by atoms with E-state index in [9.17, 15) is 9.59 Å². The number of ether oxygens (including phenoxy) is 1. The number of nitrogens with one attached hydrogen (secondary N) is 1. The number of nitrogens with zero attached hydrogens (tertiary/aromatic N) is 1. The molecule has 0 saturated heterocycles. The van der Waals surface area contributed by atoms with E-state index in [1.807, 2.05) is 54.8 Å². The Kier molecular flexibility index (Phi) is 5.86. The Morgan fingerprint density at radius 3 is 2.57 bits per heavy atom. The average molecular weight is 417 g/mol. The number of thiophene rings is 1. The summed E-state index contributed by atoms with van der Waals surface area (Å²) >= 11 is 1.58. The quantitative estimate of drug-likeness (QED) is 0.404. The largest absolute Gasteiger partial charge is 0.462 e. The van der Waals surface area contributed by atoms with Crippen LogP contribution >= 0.6 is 11.3 Å². The lowest BCUT2D eigenvalue weighted by Gasteiger charge is -2.10. The molecular weight excluding hydrogens is 396 g/mol. The van der Waals surface area contributed by atoms with Gasteiger partial charge in [0.2, 0.25) is 0 Å². The second-order valence-electron chi connectivity index (χ2n) is 6.72. The summed E-state index contributed by atoms with van der Waals surface area (Å²) in [5, 5.41) is 5.69. The van der Waals surface area contributed by atoms with Crippen molar-refractivity contribution in [3.8, 4) is 10.6 Å². The molecule has 0 radical (unpaired) electrons. The van der Waals surface area contributed by atoms with Crippen LogP contribution in [0.3, 0.4) is 0 Å². The second-order valence-corrected chi connectivity index (χ2v) is 7.66. The lowest BCUT2D eigenvalue weighted by Crippen LogP contribution is -2.13. The highest BCUT2D eigenvalue weighted by Gasteiger charge is 2.15. The number of benzene rings is 2. The number of rotatable bonds is 6. The number of amides is 1. The first-order valence-corrected chi connectivity index (χ1v) is 10.6. The summed E-state index contributed by atoms with van der Waals surface area (Å²) in [6.45, 7) is 2.33. The summed E-state index contributed by atoms with van der Waals surface area (Å²) in [6, 6.07) is 20.1. The lowest BCUT2D eigenvalue weighted by molar-refractivity contribution is 0.0505. The Morgan fingerprint density at radius 2 is 1.83 bits per heavy atom. The van der Waals surface area contributed by atoms with Crippen LogP contribution in [0.5, 0.6) is 0 Å². The van der Waals surface area contributed by atoms with Gasteiger partial charge in [-0.05, 0) is 54.3 Å². The Hall–Kier alpha value is -3.51. The van der Waals surface area contributed by atoms with E-state index in [1.54, 1.807) is 35.6 Å². The molecule has 6 heteroatoms. The zero-order valence-electron chi connectivity index (χ0n) is 16.4. The van der Waals surface area contributed by atoms with Crippen molar-refractivity contribution in [3.63, 3.8) is 0 Å². The molecule has 4 rings (SSSR count). The lowest BCUT2D eigenvalue weighted by atomic mass is 10.1. The van der Waals surface area contributed by atoms with E-state index < -0.39 is 0 Å². The molecule has 0 saturated carbocycles. The number of esters is 1. The molecule has 0 atom stereocenters. The van der Waals surface area contributed by atoms with Crippen LogP contribution in [0.2, 0.25) is 0 Å². The van der Waals surface area contributed by atoms with Crippen molar-refractivity contribution in [2.24, 2.45) is 0 Å². The van der Waals surface area contributed by atoms with Crippen LogP contribution in [0.15, 0.2) is 72.1 Å². The van der Waals surface area contributed by atoms with E-state index in [1.165, 1.54) is 0 Å². The SMILES string of the molecule is CCCOC(=O)c1ccc(NC(=O)c2cc(-c3cccs3)nc3ccccc23)cc1. The van der Waals surface area contributed by atoms with Crippen molar-refractivity contribution in [2.45, 2.75) is 13.3 Å². The van der Waals surface area contributed by atoms with Crippen molar-refractivity contribution in [1.82, 2.24) is 4.98 Å². The van der Waals surface area contributed by atoms with E-state index in [-0.39, 0.29) is 11.9 Å². The van der Waals surface area contributed by atoms with Gasteiger partial charge in [-0.25, -0.2) is 9.78 Å². The minimum atomic E-state index is -0.365. The van der Waals surface area contributed by atoms with Crippen LogP contribution in [0.1, 0.15) is 34.1 Å². The van der Waals surface area contributed by atoms with Crippen LogP contribution in [0.25, 0.3) is 21.5 Å². The minimum absolute atomic E-state index is 0.229. The third kappa shape index (κ3) is 4.23. The Bertz CT molecular complexity index is 1190. The molecule has 2 aromatic carbocycles. The van der Waals surface area contributed by atoms with Crippen molar-refractivity contribution >= 4 is 39.8 Å². The Labute approximate surface area is 178 Å². The number of carbonyl (C=O) groups is 2. The monoisotopic (exact) mass is 416 g/mol. The van der Waals surface area contributed by atoms with Gasteiger partial charge in [0.25, 0.3) is 5.91 Å². The molecule has 5 nitrogen and oxygen atoms in total. The topological polar surface area (TPSA) is 68.3 Å². The van der Waals surface area contributed by atoms with Gasteiger partial charge in [0.1, 0.15) is 0 Å². The highest BCUT2D eigenvalue weighted by molar-refractivity contribution is 7.13. The third-order valence-electron chi connectivity index (χ3n) is 4.55. The highest BCUT2D eigenvalue weighted by Crippen LogP contribution is 2.28. The van der Waals surface area contributed by atoms with Crippen molar-refractivity contribution < 1.29 is 14.3 Å². The number of hydrogen-bond acceptors (Lipinski definition) is 5. The Morgan fingerprint density at radius 1 is 1.03 bits per heavy atom. The van der Waals surface area contributed by atoms with Gasteiger partial charge >= 0.3 is 5.97 Å². The van der Waals surface area contributed by atoms with Crippen LogP contribution in [0.4, 0.5) is 5.69 Å². The number of aromatic nitrogens is 1. The number of pyridine rings is 1. The predicted octanol–water partition coefficient (Wildman–Crippen LogP) is 5.78. The van der Waals surface area contributed by atoms with Gasteiger partial charge in [0.15, 0.2) is 0 Å². The number of fused-ring (bicyclic) bond motifs is 1. The van der Waals surface area contributed by atoms with Crippen LogP contribution < -0.4 is 5.32 Å². The highest BCUT2D eigenvalue weighted by atomic mass is 32.1. The number of hydrogen-bond donors (Lipinski definition) is 1. The molecule has 0 unspecified atom stereocenters. The molecule has 0 aliphatic heterocycles. The van der Waals surface area contributed by atoms with Gasteiger partial charge in [-0.15, -0.1) is 11.3 Å². The average Bonchev–Trinajstić information content (AvgIpc) is 3.32. The second kappa shape index (κ2) is 8.88. The number of para-hydroxylation sites is 1. The molecule has 30 heavy (non-hydrogen) atoms. The van der Waals surface area contributed by atoms with Crippen molar-refractivity contribution in [1.29, 1.82) is 0 Å². The van der Waals surface area contributed by atoms with Gasteiger partial charge in [0, 0.05) is 11.1 Å². The maximum Gasteiger partial charge on any atom is 0.338 e. The normalized spacial score (nSPS) is 10.7. The van der Waals surface area contributed by atoms with Crippen LogP contribution in [0, 0.1) is 0 Å². The summed E-state index contributed by atoms with van der Waals surface area (Å²) in [5.74, 6) is -0.594. The fourth-order valence-corrected chi connectivity index (χ4v) is 3.77. The van der Waals surface area contributed by atoms with Crippen molar-refractivity contribution in [3.05, 3.63) is 83.2 Å². The molecule has 0 aliphatic carbocycles. The maximum atomic E-state index is 13.1. The molecule has 2 heterocycles. The minimum Gasteiger partial charge on any atom is -0.462 e. The Balaban J connectivity index is 1.61. The molecular formula is C24H20N2O3S. The van der Waals surface area contributed by atoms with E-state index in [4.69, 9.17) is 9.72 Å². The molecule has 1 N–H and O–H groups in total. The van der Waals surface area contributed by atoms with Gasteiger partial charge in [-0.2, -0.15) is 0 Å². The van der Waals surface area contributed by atoms with E-state index in [0.29, 0.717) is 23.4 Å². The molecule has 0 spiro atoms. The fourth-order valence-electron chi connectivity index (χ4n) is 3.08. The zero-order valence-corrected chi connectivity index (χ0v) is 17.2. The fraction of sp³-hybridized carbons (Fsp3) is 0.125. The van der Waals surface area contributed by atoms with Gasteiger partial charge in [-0.3, -0.25) is 4.79 Å². The zero-order chi connectivity index (χ0) is 20.9. The summed E-state index contributed by atoms with van der Waals surface area (Å²) in [5.41, 5.74) is 3.14. The maximum absolute atomic E-state index is 13.1. The van der Waals surface area contributed by atoms with Crippen molar-refractivity contribution in [2.75, 3.05) is 11.9 Å². The summed E-state index contributed by atoms with van der Waals surface area (Å²) in [4.78, 5) is 30.7. The van der Waals surface area contributed by atoms with E-state index in [2.05, 4.69) is 5.32 Å². The van der Waals surface area contributed by atoms with Gasteiger partial charge in [-0.1, -0.05) is 31.2 Å². The summed E-state index contributed by atoms with van der Waals surface area (Å²) in [6.07, 6.45) is 0.771. The predicted molar refractivity (Wildman–Crippen MR) is 120 cm³/mol. The number of anilines is 1. The first kappa shape index (κ1) is 19.8. The molecule has 2 aromatic heterocycles. The molecule has 1 amide bonds. The summed E-state index contributed by atoms with van der Waals surface area (Å²) < 4.78 is 5.13. The molecule has 150 valence electrons. The van der Waals surface area contributed by atoms with Gasteiger partial charge in [0.05, 0.1) is 33.8 Å². The first-order chi connectivity index (χ1) is 14.7. The van der Waals surface area contributed by atoms with Crippen LogP contribution in [-0.4, -0.2) is 23.5 Å².